The predicted molar refractivity (Wildman–Crippen MR) is 95.3 cm³/mol. The molecule has 2 aliphatic heterocycles. The molecular weight excluding hydrogens is 303 g/mol. The molecule has 1 aromatic carbocycles. The zero-order chi connectivity index (χ0) is 17.9. The van der Waals surface area contributed by atoms with Crippen LogP contribution in [0.2, 0.25) is 0 Å². The molecule has 0 N–H and O–H groups in total. The van der Waals surface area contributed by atoms with Crippen molar-refractivity contribution in [2.24, 2.45) is 0 Å². The molecule has 0 radical (unpaired) electrons. The molecule has 0 unspecified atom stereocenters. The van der Waals surface area contributed by atoms with E-state index in [2.05, 4.69) is 26.8 Å². The topological polar surface area (TPSA) is 44.8 Å². The number of carbonyl (C=O) groups excluding carboxylic acids is 1. The zero-order valence-corrected chi connectivity index (χ0v) is 15.8. The van der Waals surface area contributed by atoms with E-state index in [1.807, 2.05) is 33.8 Å². The van der Waals surface area contributed by atoms with Gasteiger partial charge in [0.2, 0.25) is 0 Å². The van der Waals surface area contributed by atoms with Crippen LogP contribution in [0.5, 0.6) is 5.75 Å². The highest BCUT2D eigenvalue weighted by atomic mass is 16.7. The second-order valence-electron chi connectivity index (χ2n) is 8.81. The third-order valence-electron chi connectivity index (χ3n) is 5.32. The number of carbonyl (C=O) groups is 1. The average Bonchev–Trinajstić information content (AvgIpc) is 2.66. The summed E-state index contributed by atoms with van der Waals surface area (Å²) in [4.78, 5) is 12.4. The van der Waals surface area contributed by atoms with E-state index in [1.54, 1.807) is 0 Å². The molecule has 0 bridgehead atoms. The van der Waals surface area contributed by atoms with Crippen molar-refractivity contribution < 1.29 is 18.8 Å². The van der Waals surface area contributed by atoms with Crippen molar-refractivity contribution in [1.29, 1.82) is 0 Å². The lowest BCUT2D eigenvalue weighted by Gasteiger charge is -2.32. The first kappa shape index (κ1) is 17.5. The second kappa shape index (κ2) is 5.33. The van der Waals surface area contributed by atoms with Gasteiger partial charge in [0.15, 0.2) is 5.78 Å². The summed E-state index contributed by atoms with van der Waals surface area (Å²) in [6.07, 6.45) is 0.420. The Bertz CT molecular complexity index is 669. The van der Waals surface area contributed by atoms with Gasteiger partial charge in [0, 0.05) is 6.42 Å². The number of rotatable bonds is 1. The molecule has 0 spiro atoms. The Balaban J connectivity index is 2.11. The highest BCUT2D eigenvalue weighted by Gasteiger charge is 2.52. The van der Waals surface area contributed by atoms with Gasteiger partial charge in [-0.2, -0.15) is 0 Å². The van der Waals surface area contributed by atoms with Gasteiger partial charge in [-0.1, -0.05) is 26.8 Å². The van der Waals surface area contributed by atoms with Crippen LogP contribution in [0.25, 0.3) is 0 Å². The van der Waals surface area contributed by atoms with Crippen LogP contribution in [0, 0.1) is 0 Å². The van der Waals surface area contributed by atoms with E-state index < -0.39 is 18.3 Å². The van der Waals surface area contributed by atoms with Crippen molar-refractivity contribution >= 4 is 18.4 Å². The quantitative estimate of drug-likeness (QED) is 0.742. The molecule has 0 aliphatic carbocycles. The highest BCUT2D eigenvalue weighted by molar-refractivity contribution is 6.62. The summed E-state index contributed by atoms with van der Waals surface area (Å²) in [6.45, 7) is 14.9. The lowest BCUT2D eigenvalue weighted by molar-refractivity contribution is 0.00578. The molecule has 24 heavy (non-hydrogen) atoms. The number of ether oxygens (including phenoxy) is 1. The van der Waals surface area contributed by atoms with E-state index in [4.69, 9.17) is 14.0 Å². The van der Waals surface area contributed by atoms with Crippen LogP contribution in [-0.2, 0) is 14.7 Å². The molecule has 5 heteroatoms. The van der Waals surface area contributed by atoms with Crippen molar-refractivity contribution in [1.82, 2.24) is 0 Å². The highest BCUT2D eigenvalue weighted by Crippen LogP contribution is 2.39. The Morgan fingerprint density at radius 2 is 1.62 bits per heavy atom. The minimum Gasteiger partial charge on any atom is -0.492 e. The van der Waals surface area contributed by atoms with Crippen LogP contribution in [0.4, 0.5) is 0 Å². The Labute approximate surface area is 145 Å². The summed E-state index contributed by atoms with van der Waals surface area (Å²) in [5.41, 5.74) is 1.61. The van der Waals surface area contributed by atoms with Crippen LogP contribution in [0.15, 0.2) is 12.1 Å². The van der Waals surface area contributed by atoms with E-state index in [9.17, 15) is 4.79 Å². The molecule has 0 atom stereocenters. The zero-order valence-electron chi connectivity index (χ0n) is 15.8. The second-order valence-corrected chi connectivity index (χ2v) is 8.81. The standard InChI is InChI=1S/C19H27BO4/c1-17(2,3)14-11-12(10-13-15(21)8-9-22-16(13)14)20-23-18(4,5)19(6,7)24-20/h10-11H,8-9H2,1-7H3. The Morgan fingerprint density at radius 1 is 1.04 bits per heavy atom. The third-order valence-corrected chi connectivity index (χ3v) is 5.32. The predicted octanol–water partition coefficient (Wildman–Crippen LogP) is 3.25. The fraction of sp³-hybridized carbons (Fsp3) is 0.632. The Morgan fingerprint density at radius 3 is 2.17 bits per heavy atom. The van der Waals surface area contributed by atoms with Crippen molar-refractivity contribution in [3.8, 4) is 5.75 Å². The van der Waals surface area contributed by atoms with Crippen LogP contribution in [0.1, 0.15) is 70.8 Å². The number of hydrogen-bond acceptors (Lipinski definition) is 4. The van der Waals surface area contributed by atoms with E-state index in [1.165, 1.54) is 0 Å². The van der Waals surface area contributed by atoms with Crippen molar-refractivity contribution in [3.63, 3.8) is 0 Å². The minimum absolute atomic E-state index is 0.125. The van der Waals surface area contributed by atoms with Gasteiger partial charge in [-0.05, 0) is 50.2 Å². The first-order chi connectivity index (χ1) is 10.9. The largest absolute Gasteiger partial charge is 0.494 e. The lowest BCUT2D eigenvalue weighted by atomic mass is 9.73. The summed E-state index contributed by atoms with van der Waals surface area (Å²) in [5, 5.41) is 0. The first-order valence-electron chi connectivity index (χ1n) is 8.62. The van der Waals surface area contributed by atoms with Crippen LogP contribution in [-0.4, -0.2) is 30.7 Å². The van der Waals surface area contributed by atoms with Crippen molar-refractivity contribution in [2.45, 2.75) is 71.5 Å². The molecule has 2 heterocycles. The van der Waals surface area contributed by atoms with Crippen LogP contribution < -0.4 is 10.2 Å². The van der Waals surface area contributed by atoms with Gasteiger partial charge in [0.05, 0.1) is 23.4 Å². The fourth-order valence-electron chi connectivity index (χ4n) is 3.07. The summed E-state index contributed by atoms with van der Waals surface area (Å²) >= 11 is 0. The van der Waals surface area contributed by atoms with Gasteiger partial charge in [-0.15, -0.1) is 0 Å². The molecule has 1 saturated heterocycles. The van der Waals surface area contributed by atoms with Crippen molar-refractivity contribution in [2.75, 3.05) is 6.61 Å². The molecule has 2 aliphatic rings. The summed E-state index contributed by atoms with van der Waals surface area (Å²) < 4.78 is 18.2. The maximum Gasteiger partial charge on any atom is 0.494 e. The molecule has 0 saturated carbocycles. The molecule has 0 aromatic heterocycles. The number of hydrogen-bond donors (Lipinski definition) is 0. The summed E-state index contributed by atoms with van der Waals surface area (Å²) in [5.74, 6) is 0.846. The summed E-state index contributed by atoms with van der Waals surface area (Å²) in [6, 6.07) is 3.95. The number of ketones is 1. The number of Topliss-reactive ketones (excluding diaryl/α,β-unsaturated/α-hetero) is 1. The molecule has 1 aromatic rings. The van der Waals surface area contributed by atoms with Gasteiger partial charge in [0.25, 0.3) is 0 Å². The molecule has 4 nitrogen and oxygen atoms in total. The molecule has 0 amide bonds. The fourth-order valence-corrected chi connectivity index (χ4v) is 3.07. The van der Waals surface area contributed by atoms with E-state index in [0.29, 0.717) is 18.6 Å². The summed E-state index contributed by atoms with van der Waals surface area (Å²) in [7, 11) is -0.476. The van der Waals surface area contributed by atoms with Gasteiger partial charge >= 0.3 is 7.12 Å². The van der Waals surface area contributed by atoms with Gasteiger partial charge < -0.3 is 14.0 Å². The van der Waals surface area contributed by atoms with Crippen LogP contribution >= 0.6 is 0 Å². The van der Waals surface area contributed by atoms with Gasteiger partial charge in [-0.3, -0.25) is 4.79 Å². The smallest absolute Gasteiger partial charge is 0.492 e. The Kier molecular flexibility index (Phi) is 3.89. The van der Waals surface area contributed by atoms with E-state index in [0.717, 1.165) is 16.8 Å². The van der Waals surface area contributed by atoms with Crippen LogP contribution in [0.3, 0.4) is 0 Å². The minimum atomic E-state index is -0.476. The Hall–Kier alpha value is -1.33. The SMILES string of the molecule is CC(C)(C)c1cc(B2OC(C)(C)C(C)(C)O2)cc2c1OCCC2=O. The van der Waals surface area contributed by atoms with Crippen molar-refractivity contribution in [3.05, 3.63) is 23.3 Å². The maximum absolute atomic E-state index is 12.4. The molecule has 130 valence electrons. The average molecular weight is 330 g/mol. The number of benzene rings is 1. The monoisotopic (exact) mass is 330 g/mol. The maximum atomic E-state index is 12.4. The number of fused-ring (bicyclic) bond motifs is 1. The van der Waals surface area contributed by atoms with E-state index >= 15 is 0 Å². The normalized spacial score (nSPS) is 22.3. The lowest BCUT2D eigenvalue weighted by Crippen LogP contribution is -2.41. The molecule has 1 fully saturated rings. The third kappa shape index (κ3) is 2.78. The van der Waals surface area contributed by atoms with E-state index in [-0.39, 0.29) is 11.2 Å². The first-order valence-corrected chi connectivity index (χ1v) is 8.62. The molecule has 3 rings (SSSR count). The van der Waals surface area contributed by atoms with Gasteiger partial charge in [0.1, 0.15) is 5.75 Å². The van der Waals surface area contributed by atoms with Gasteiger partial charge in [-0.25, -0.2) is 0 Å². The molecular formula is C19H27BO4.